The first-order chi connectivity index (χ1) is 14.8. The lowest BCUT2D eigenvalue weighted by Crippen LogP contribution is -2.20. The van der Waals surface area contributed by atoms with Crippen molar-refractivity contribution in [3.05, 3.63) is 68.1 Å². The molecular formula is C21H19Cl2N3O4S. The molecule has 1 aromatic heterocycles. The van der Waals surface area contributed by atoms with Gasteiger partial charge in [0.2, 0.25) is 0 Å². The van der Waals surface area contributed by atoms with Crippen molar-refractivity contribution in [2.75, 3.05) is 19.0 Å². The van der Waals surface area contributed by atoms with E-state index in [9.17, 15) is 9.59 Å². The lowest BCUT2D eigenvalue weighted by atomic mass is 10.1. The zero-order valence-electron chi connectivity index (χ0n) is 16.7. The molecule has 0 unspecified atom stereocenters. The third-order valence-corrected chi connectivity index (χ3v) is 5.84. The molecule has 0 saturated heterocycles. The lowest BCUT2D eigenvalue weighted by Gasteiger charge is -2.13. The van der Waals surface area contributed by atoms with Crippen LogP contribution in [0.2, 0.25) is 10.0 Å². The number of carbonyl (C=O) groups excluding carboxylic acids is 2. The maximum Gasteiger partial charge on any atom is 0.257 e. The predicted molar refractivity (Wildman–Crippen MR) is 122 cm³/mol. The summed E-state index contributed by atoms with van der Waals surface area (Å²) in [5.41, 5.74) is 7.40. The Labute approximate surface area is 193 Å². The van der Waals surface area contributed by atoms with Gasteiger partial charge in [0, 0.05) is 28.1 Å². The van der Waals surface area contributed by atoms with E-state index in [1.165, 1.54) is 30.6 Å². The standard InChI is InChI=1S/C21H19Cl2N3O4S/c1-11-3-4-12(6-15(11)22)5-14-9-25-21(31-14)26-20(28)13-7-16(23)19(17(8-13)29-2)30-10-18(24)27/h3-4,6-9H,5,10H2,1-2H3,(H2,24,27)(H,25,26,28). The maximum absolute atomic E-state index is 12.7. The molecule has 1 heterocycles. The van der Waals surface area contributed by atoms with Crippen molar-refractivity contribution in [1.29, 1.82) is 0 Å². The van der Waals surface area contributed by atoms with Gasteiger partial charge < -0.3 is 15.2 Å². The molecule has 0 radical (unpaired) electrons. The van der Waals surface area contributed by atoms with Gasteiger partial charge in [0.05, 0.1) is 12.1 Å². The number of hydrogen-bond donors (Lipinski definition) is 2. The number of nitrogens with one attached hydrogen (secondary N) is 1. The Kier molecular flexibility index (Phi) is 7.37. The number of primary amides is 1. The normalized spacial score (nSPS) is 10.6. The number of thiazole rings is 1. The molecule has 3 N–H and O–H groups in total. The van der Waals surface area contributed by atoms with Crippen molar-refractivity contribution in [3.8, 4) is 11.5 Å². The molecule has 31 heavy (non-hydrogen) atoms. The summed E-state index contributed by atoms with van der Waals surface area (Å²) in [5, 5.41) is 4.02. The molecule has 0 fully saturated rings. The number of amides is 2. The number of benzene rings is 2. The van der Waals surface area contributed by atoms with Crippen molar-refractivity contribution >= 4 is 51.5 Å². The molecule has 0 spiro atoms. The summed E-state index contributed by atoms with van der Waals surface area (Å²) in [6, 6.07) is 8.77. The first kappa shape index (κ1) is 22.9. The molecule has 3 aromatic rings. The van der Waals surface area contributed by atoms with Crippen LogP contribution >= 0.6 is 34.5 Å². The highest BCUT2D eigenvalue weighted by molar-refractivity contribution is 7.15. The van der Waals surface area contributed by atoms with Crippen LogP contribution in [0.5, 0.6) is 11.5 Å². The van der Waals surface area contributed by atoms with Crippen LogP contribution in [0.25, 0.3) is 0 Å². The number of nitrogens with zero attached hydrogens (tertiary/aromatic N) is 1. The van der Waals surface area contributed by atoms with Gasteiger partial charge in [0.1, 0.15) is 0 Å². The van der Waals surface area contributed by atoms with E-state index in [2.05, 4.69) is 10.3 Å². The molecule has 0 aliphatic carbocycles. The highest BCUT2D eigenvalue weighted by Crippen LogP contribution is 2.36. The van der Waals surface area contributed by atoms with Crippen LogP contribution in [-0.4, -0.2) is 30.5 Å². The zero-order chi connectivity index (χ0) is 22.5. The van der Waals surface area contributed by atoms with Crippen LogP contribution in [0, 0.1) is 6.92 Å². The van der Waals surface area contributed by atoms with Crippen molar-refractivity contribution in [3.63, 3.8) is 0 Å². The molecular weight excluding hydrogens is 461 g/mol. The predicted octanol–water partition coefficient (Wildman–Crippen LogP) is 4.47. The summed E-state index contributed by atoms with van der Waals surface area (Å²) < 4.78 is 10.5. The van der Waals surface area contributed by atoms with Crippen LogP contribution < -0.4 is 20.5 Å². The highest BCUT2D eigenvalue weighted by Gasteiger charge is 2.18. The van der Waals surface area contributed by atoms with Crippen LogP contribution in [0.3, 0.4) is 0 Å². The Morgan fingerprint density at radius 1 is 1.19 bits per heavy atom. The van der Waals surface area contributed by atoms with Gasteiger partial charge in [-0.15, -0.1) is 11.3 Å². The van der Waals surface area contributed by atoms with E-state index in [0.717, 1.165) is 16.0 Å². The van der Waals surface area contributed by atoms with E-state index in [1.54, 1.807) is 6.20 Å². The number of methoxy groups -OCH3 is 1. The van der Waals surface area contributed by atoms with Gasteiger partial charge in [-0.2, -0.15) is 0 Å². The molecule has 10 heteroatoms. The summed E-state index contributed by atoms with van der Waals surface area (Å²) in [4.78, 5) is 28.9. The van der Waals surface area contributed by atoms with Gasteiger partial charge in [0.15, 0.2) is 23.2 Å². The quantitative estimate of drug-likeness (QED) is 0.495. The molecule has 162 valence electrons. The summed E-state index contributed by atoms with van der Waals surface area (Å²) >= 11 is 13.7. The zero-order valence-corrected chi connectivity index (χ0v) is 19.0. The minimum absolute atomic E-state index is 0.113. The van der Waals surface area contributed by atoms with Gasteiger partial charge in [-0.3, -0.25) is 14.9 Å². The fourth-order valence-electron chi connectivity index (χ4n) is 2.70. The number of anilines is 1. The maximum atomic E-state index is 12.7. The number of aryl methyl sites for hydroxylation is 1. The van der Waals surface area contributed by atoms with Crippen molar-refractivity contribution in [1.82, 2.24) is 4.98 Å². The Hall–Kier alpha value is -2.81. The fraction of sp³-hybridized carbons (Fsp3) is 0.190. The SMILES string of the molecule is COc1cc(C(=O)Nc2ncc(Cc3ccc(C)c(Cl)c3)s2)cc(Cl)c1OCC(N)=O. The lowest BCUT2D eigenvalue weighted by molar-refractivity contribution is -0.119. The van der Waals surface area contributed by atoms with Gasteiger partial charge >= 0.3 is 0 Å². The topological polar surface area (TPSA) is 104 Å². The molecule has 0 saturated carbocycles. The van der Waals surface area contributed by atoms with Crippen LogP contribution in [0.15, 0.2) is 36.5 Å². The Balaban J connectivity index is 1.72. The smallest absolute Gasteiger partial charge is 0.257 e. The number of rotatable bonds is 8. The first-order valence-corrected chi connectivity index (χ1v) is 10.6. The van der Waals surface area contributed by atoms with Crippen molar-refractivity contribution in [2.24, 2.45) is 5.73 Å². The molecule has 0 bridgehead atoms. The summed E-state index contributed by atoms with van der Waals surface area (Å²) in [6.45, 7) is 1.58. The molecule has 0 atom stereocenters. The average Bonchev–Trinajstić information content (AvgIpc) is 3.15. The van der Waals surface area contributed by atoms with Crippen LogP contribution in [0.1, 0.15) is 26.4 Å². The van der Waals surface area contributed by atoms with Crippen LogP contribution in [-0.2, 0) is 11.2 Å². The third kappa shape index (κ3) is 5.88. The number of halogens is 2. The van der Waals surface area contributed by atoms with E-state index in [4.69, 9.17) is 38.4 Å². The Morgan fingerprint density at radius 3 is 2.65 bits per heavy atom. The molecule has 0 aliphatic heterocycles. The third-order valence-electron chi connectivity index (χ3n) is 4.24. The Morgan fingerprint density at radius 2 is 1.97 bits per heavy atom. The van der Waals surface area contributed by atoms with Gasteiger partial charge in [-0.25, -0.2) is 4.98 Å². The minimum Gasteiger partial charge on any atom is -0.493 e. The van der Waals surface area contributed by atoms with Gasteiger partial charge in [-0.1, -0.05) is 35.3 Å². The Bertz CT molecular complexity index is 1130. The van der Waals surface area contributed by atoms with E-state index in [-0.39, 0.29) is 28.7 Å². The fourth-order valence-corrected chi connectivity index (χ4v) is 4.01. The van der Waals surface area contributed by atoms with Crippen molar-refractivity contribution < 1.29 is 19.1 Å². The molecule has 0 aliphatic rings. The molecule has 2 aromatic carbocycles. The second kappa shape index (κ2) is 10.00. The molecule has 2 amide bonds. The average molecular weight is 480 g/mol. The summed E-state index contributed by atoms with van der Waals surface area (Å²) in [6.07, 6.45) is 2.36. The second-order valence-electron chi connectivity index (χ2n) is 6.59. The number of hydrogen-bond acceptors (Lipinski definition) is 6. The van der Waals surface area contributed by atoms with Crippen LogP contribution in [0.4, 0.5) is 5.13 Å². The first-order valence-electron chi connectivity index (χ1n) is 9.06. The largest absolute Gasteiger partial charge is 0.493 e. The molecule has 7 nitrogen and oxygen atoms in total. The van der Waals surface area contributed by atoms with E-state index >= 15 is 0 Å². The van der Waals surface area contributed by atoms with Crippen molar-refractivity contribution in [2.45, 2.75) is 13.3 Å². The van der Waals surface area contributed by atoms with Gasteiger partial charge in [-0.05, 0) is 36.2 Å². The van der Waals surface area contributed by atoms with Gasteiger partial charge in [0.25, 0.3) is 11.8 Å². The number of ether oxygens (including phenoxy) is 2. The molecule has 3 rings (SSSR count). The van der Waals surface area contributed by atoms with E-state index in [1.807, 2.05) is 25.1 Å². The second-order valence-corrected chi connectivity index (χ2v) is 8.52. The van der Waals surface area contributed by atoms with E-state index < -0.39 is 11.8 Å². The van der Waals surface area contributed by atoms with E-state index in [0.29, 0.717) is 16.6 Å². The number of aromatic nitrogens is 1. The summed E-state index contributed by atoms with van der Waals surface area (Å²) in [7, 11) is 1.40. The number of nitrogens with two attached hydrogens (primary N) is 1. The highest BCUT2D eigenvalue weighted by atomic mass is 35.5. The number of carbonyl (C=O) groups is 2. The monoisotopic (exact) mass is 479 g/mol. The summed E-state index contributed by atoms with van der Waals surface area (Å²) in [5.74, 6) is -0.740. The minimum atomic E-state index is -0.660.